The zero-order chi connectivity index (χ0) is 11.4. The van der Waals surface area contributed by atoms with Crippen molar-refractivity contribution in [3.63, 3.8) is 0 Å². The van der Waals surface area contributed by atoms with E-state index in [-0.39, 0.29) is 0 Å². The van der Waals surface area contributed by atoms with Crippen molar-refractivity contribution in [2.24, 2.45) is 0 Å². The minimum Gasteiger partial charge on any atom is -0.399 e. The molecule has 2 nitrogen and oxygen atoms in total. The second kappa shape index (κ2) is 4.62. The first-order chi connectivity index (χ1) is 7.75. The van der Waals surface area contributed by atoms with Crippen molar-refractivity contribution in [2.75, 3.05) is 5.73 Å². The maximum atomic E-state index is 5.64. The van der Waals surface area contributed by atoms with Crippen LogP contribution in [0.2, 0.25) is 0 Å². The molecule has 0 bridgehead atoms. The summed E-state index contributed by atoms with van der Waals surface area (Å²) in [6.07, 6.45) is 3.90. The van der Waals surface area contributed by atoms with Crippen LogP contribution < -0.4 is 5.73 Å². The van der Waals surface area contributed by atoms with E-state index in [2.05, 4.69) is 18.0 Å². The molecule has 16 heavy (non-hydrogen) atoms. The minimum atomic E-state index is 0.785. The number of aromatic nitrogens is 1. The topological polar surface area (TPSA) is 38.9 Å². The summed E-state index contributed by atoms with van der Waals surface area (Å²) in [6, 6.07) is 13.7. The van der Waals surface area contributed by atoms with Crippen LogP contribution in [0.4, 0.5) is 5.69 Å². The smallest absolute Gasteiger partial charge is 0.0658 e. The van der Waals surface area contributed by atoms with Crippen molar-refractivity contribution in [1.29, 1.82) is 0 Å². The summed E-state index contributed by atoms with van der Waals surface area (Å²) in [6.45, 7) is 2.05. The molecular formula is C14H14N2. The predicted molar refractivity (Wildman–Crippen MR) is 68.6 cm³/mol. The summed E-state index contributed by atoms with van der Waals surface area (Å²) in [7, 11) is 0. The van der Waals surface area contributed by atoms with E-state index in [9.17, 15) is 0 Å². The standard InChI is InChI=1S/C14H14N2/c1-11(14-4-2-3-9-16-14)10-12-5-7-13(15)8-6-12/h2-10H,15H2,1H3. The Bertz CT molecular complexity index is 484. The average molecular weight is 210 g/mol. The third-order valence-electron chi connectivity index (χ3n) is 2.39. The molecule has 2 N–H and O–H groups in total. The van der Waals surface area contributed by atoms with Crippen molar-refractivity contribution in [3.8, 4) is 0 Å². The molecule has 2 heteroatoms. The van der Waals surface area contributed by atoms with E-state index in [1.807, 2.05) is 42.5 Å². The van der Waals surface area contributed by atoms with Crippen LogP contribution in [-0.4, -0.2) is 4.98 Å². The molecule has 0 saturated carbocycles. The Balaban J connectivity index is 2.28. The Morgan fingerprint density at radius 2 is 1.88 bits per heavy atom. The molecule has 0 amide bonds. The van der Waals surface area contributed by atoms with Crippen LogP contribution in [0.3, 0.4) is 0 Å². The molecule has 1 aromatic heterocycles. The van der Waals surface area contributed by atoms with Crippen LogP contribution in [0.25, 0.3) is 11.6 Å². The lowest BCUT2D eigenvalue weighted by molar-refractivity contribution is 1.27. The number of allylic oxidation sites excluding steroid dienone is 1. The van der Waals surface area contributed by atoms with Gasteiger partial charge in [0.1, 0.15) is 0 Å². The second-order valence-corrected chi connectivity index (χ2v) is 3.71. The van der Waals surface area contributed by atoms with Crippen molar-refractivity contribution in [2.45, 2.75) is 6.92 Å². The van der Waals surface area contributed by atoms with Crippen LogP contribution in [0.1, 0.15) is 18.2 Å². The first kappa shape index (κ1) is 10.4. The number of hydrogen-bond acceptors (Lipinski definition) is 2. The molecule has 0 atom stereocenters. The number of pyridine rings is 1. The van der Waals surface area contributed by atoms with Crippen LogP contribution >= 0.6 is 0 Å². The van der Waals surface area contributed by atoms with E-state index >= 15 is 0 Å². The number of nitrogens with zero attached hydrogens (tertiary/aromatic N) is 1. The normalized spacial score (nSPS) is 11.4. The summed E-state index contributed by atoms with van der Waals surface area (Å²) in [4.78, 5) is 4.30. The highest BCUT2D eigenvalue weighted by Gasteiger charge is 1.96. The van der Waals surface area contributed by atoms with E-state index in [0.717, 1.165) is 22.5 Å². The van der Waals surface area contributed by atoms with Gasteiger partial charge in [-0.25, -0.2) is 0 Å². The van der Waals surface area contributed by atoms with Gasteiger partial charge < -0.3 is 5.73 Å². The maximum absolute atomic E-state index is 5.64. The Kier molecular flexibility index (Phi) is 3.01. The first-order valence-electron chi connectivity index (χ1n) is 5.21. The number of benzene rings is 1. The molecular weight excluding hydrogens is 196 g/mol. The number of nitrogens with two attached hydrogens (primary N) is 1. The third kappa shape index (κ3) is 2.48. The Hall–Kier alpha value is -2.09. The van der Waals surface area contributed by atoms with Gasteiger partial charge in [0.15, 0.2) is 0 Å². The van der Waals surface area contributed by atoms with Gasteiger partial charge in [-0.3, -0.25) is 4.98 Å². The summed E-state index contributed by atoms with van der Waals surface area (Å²) in [5, 5.41) is 0. The van der Waals surface area contributed by atoms with Crippen LogP contribution in [0, 0.1) is 0 Å². The lowest BCUT2D eigenvalue weighted by atomic mass is 10.1. The molecule has 2 aromatic rings. The van der Waals surface area contributed by atoms with Crippen LogP contribution in [0.5, 0.6) is 0 Å². The lowest BCUT2D eigenvalue weighted by Gasteiger charge is -2.00. The molecule has 0 fully saturated rings. The van der Waals surface area contributed by atoms with E-state index < -0.39 is 0 Å². The van der Waals surface area contributed by atoms with E-state index in [1.165, 1.54) is 0 Å². The molecule has 0 aliphatic heterocycles. The van der Waals surface area contributed by atoms with Crippen LogP contribution in [-0.2, 0) is 0 Å². The summed E-state index contributed by atoms with van der Waals surface area (Å²) >= 11 is 0. The highest BCUT2D eigenvalue weighted by atomic mass is 14.7. The maximum Gasteiger partial charge on any atom is 0.0658 e. The summed E-state index contributed by atoms with van der Waals surface area (Å²) in [5.41, 5.74) is 9.70. The van der Waals surface area contributed by atoms with E-state index in [0.29, 0.717) is 0 Å². The van der Waals surface area contributed by atoms with Crippen molar-refractivity contribution < 1.29 is 0 Å². The molecule has 0 spiro atoms. The van der Waals surface area contributed by atoms with Gasteiger partial charge in [-0.15, -0.1) is 0 Å². The highest BCUT2D eigenvalue weighted by Crippen LogP contribution is 2.16. The van der Waals surface area contributed by atoms with Gasteiger partial charge >= 0.3 is 0 Å². The molecule has 0 aliphatic rings. The Morgan fingerprint density at radius 3 is 2.50 bits per heavy atom. The quantitative estimate of drug-likeness (QED) is 0.773. The largest absolute Gasteiger partial charge is 0.399 e. The molecule has 0 radical (unpaired) electrons. The second-order valence-electron chi connectivity index (χ2n) is 3.71. The fraction of sp³-hybridized carbons (Fsp3) is 0.0714. The predicted octanol–water partition coefficient (Wildman–Crippen LogP) is 3.22. The number of hydrogen-bond donors (Lipinski definition) is 1. The van der Waals surface area contributed by atoms with Gasteiger partial charge in [0.2, 0.25) is 0 Å². The van der Waals surface area contributed by atoms with Gasteiger partial charge in [0, 0.05) is 11.9 Å². The Morgan fingerprint density at radius 1 is 1.12 bits per heavy atom. The first-order valence-corrected chi connectivity index (χ1v) is 5.21. The fourth-order valence-corrected chi connectivity index (χ4v) is 1.51. The highest BCUT2D eigenvalue weighted by molar-refractivity contribution is 5.78. The van der Waals surface area contributed by atoms with Crippen molar-refractivity contribution in [1.82, 2.24) is 4.98 Å². The van der Waals surface area contributed by atoms with Gasteiger partial charge in [0.25, 0.3) is 0 Å². The lowest BCUT2D eigenvalue weighted by Crippen LogP contribution is -1.85. The number of rotatable bonds is 2. The van der Waals surface area contributed by atoms with Crippen LogP contribution in [0.15, 0.2) is 48.7 Å². The number of nitrogen functional groups attached to an aromatic ring is 1. The number of anilines is 1. The molecule has 2 rings (SSSR count). The van der Waals surface area contributed by atoms with E-state index in [1.54, 1.807) is 6.20 Å². The molecule has 80 valence electrons. The summed E-state index contributed by atoms with van der Waals surface area (Å²) in [5.74, 6) is 0. The van der Waals surface area contributed by atoms with Crippen molar-refractivity contribution in [3.05, 3.63) is 59.9 Å². The third-order valence-corrected chi connectivity index (χ3v) is 2.39. The van der Waals surface area contributed by atoms with Gasteiger partial charge in [-0.1, -0.05) is 18.2 Å². The Labute approximate surface area is 95.5 Å². The van der Waals surface area contributed by atoms with Crippen molar-refractivity contribution >= 4 is 17.3 Å². The molecule has 0 saturated heterocycles. The average Bonchev–Trinajstić information content (AvgIpc) is 2.33. The molecule has 0 unspecified atom stereocenters. The molecule has 1 aromatic carbocycles. The SMILES string of the molecule is CC(=Cc1ccc(N)cc1)c1ccccn1. The van der Waals surface area contributed by atoms with Gasteiger partial charge in [0.05, 0.1) is 5.69 Å². The minimum absolute atomic E-state index is 0.785. The van der Waals surface area contributed by atoms with Gasteiger partial charge in [-0.2, -0.15) is 0 Å². The zero-order valence-corrected chi connectivity index (χ0v) is 9.22. The van der Waals surface area contributed by atoms with Gasteiger partial charge in [-0.05, 0) is 48.4 Å². The zero-order valence-electron chi connectivity index (χ0n) is 9.22. The molecule has 1 heterocycles. The van der Waals surface area contributed by atoms with E-state index in [4.69, 9.17) is 5.73 Å². The monoisotopic (exact) mass is 210 g/mol. The molecule has 0 aliphatic carbocycles. The fourth-order valence-electron chi connectivity index (χ4n) is 1.51. The summed E-state index contributed by atoms with van der Waals surface area (Å²) < 4.78 is 0.